The number of likely N-dealkylation sites (tertiary alicyclic amines) is 1. The summed E-state index contributed by atoms with van der Waals surface area (Å²) in [6.07, 6.45) is -1.44. The second-order valence-electron chi connectivity index (χ2n) is 9.78. The van der Waals surface area contributed by atoms with Crippen molar-refractivity contribution < 1.29 is 28.6 Å². The van der Waals surface area contributed by atoms with E-state index in [2.05, 4.69) is 38.6 Å². The van der Waals surface area contributed by atoms with E-state index < -0.39 is 38.1 Å². The molecule has 0 saturated carbocycles. The molecule has 7 nitrogen and oxygen atoms in total. The van der Waals surface area contributed by atoms with Crippen molar-refractivity contribution in [2.24, 2.45) is 0 Å². The molecule has 1 heterocycles. The van der Waals surface area contributed by atoms with Crippen molar-refractivity contribution in [3.63, 3.8) is 0 Å². The average molecular weight is 404 g/mol. The number of rotatable bonds is 5. The highest BCUT2D eigenvalue weighted by atomic mass is 28.4. The number of methoxy groups -OCH3 is 1. The van der Waals surface area contributed by atoms with E-state index in [0.29, 0.717) is 13.0 Å². The highest BCUT2D eigenvalue weighted by Crippen LogP contribution is 2.39. The highest BCUT2D eigenvalue weighted by molar-refractivity contribution is 6.74. The number of hydrogen-bond acceptors (Lipinski definition) is 6. The number of carbonyl (C=O) groups is 2. The van der Waals surface area contributed by atoms with Crippen molar-refractivity contribution in [2.45, 2.75) is 96.4 Å². The van der Waals surface area contributed by atoms with E-state index in [1.165, 1.54) is 12.0 Å². The number of aliphatic hydroxyl groups excluding tert-OH is 1. The highest BCUT2D eigenvalue weighted by Gasteiger charge is 2.46. The van der Waals surface area contributed by atoms with Gasteiger partial charge in [-0.15, -0.1) is 0 Å². The molecule has 1 amide bonds. The van der Waals surface area contributed by atoms with Crippen LogP contribution in [0.3, 0.4) is 0 Å². The Balaban J connectivity index is 2.98. The van der Waals surface area contributed by atoms with E-state index in [9.17, 15) is 14.7 Å². The molecule has 1 aliphatic heterocycles. The zero-order chi connectivity index (χ0) is 21.2. The minimum absolute atomic E-state index is 0.0342. The number of carbonyl (C=O) groups excluding carboxylic acids is 2. The molecule has 0 radical (unpaired) electrons. The molecule has 1 rings (SSSR count). The molecule has 0 unspecified atom stereocenters. The molecule has 8 heteroatoms. The summed E-state index contributed by atoms with van der Waals surface area (Å²) >= 11 is 0. The molecular formula is C19H37NO6Si. The van der Waals surface area contributed by atoms with E-state index in [1.54, 1.807) is 20.8 Å². The summed E-state index contributed by atoms with van der Waals surface area (Å²) in [4.78, 5) is 25.8. The first-order chi connectivity index (χ1) is 12.1. The molecule has 0 bridgehead atoms. The van der Waals surface area contributed by atoms with E-state index in [1.807, 2.05) is 0 Å². The maximum atomic E-state index is 12.7. The lowest BCUT2D eigenvalue weighted by Gasteiger charge is -2.38. The molecule has 0 aromatic rings. The molecule has 0 aromatic heterocycles. The van der Waals surface area contributed by atoms with Crippen LogP contribution in [0.5, 0.6) is 0 Å². The lowest BCUT2D eigenvalue weighted by Crippen LogP contribution is -2.46. The van der Waals surface area contributed by atoms with Gasteiger partial charge in [-0.05, 0) is 45.3 Å². The van der Waals surface area contributed by atoms with Gasteiger partial charge in [-0.1, -0.05) is 20.8 Å². The van der Waals surface area contributed by atoms with Crippen LogP contribution in [0.2, 0.25) is 18.1 Å². The van der Waals surface area contributed by atoms with Crippen LogP contribution in [-0.2, 0) is 18.7 Å². The van der Waals surface area contributed by atoms with Gasteiger partial charge in [0.15, 0.2) is 8.32 Å². The summed E-state index contributed by atoms with van der Waals surface area (Å²) in [6.45, 7) is 16.5. The number of amides is 1. The Morgan fingerprint density at radius 3 is 2.19 bits per heavy atom. The molecule has 1 fully saturated rings. The van der Waals surface area contributed by atoms with E-state index in [-0.39, 0.29) is 17.6 Å². The first-order valence-corrected chi connectivity index (χ1v) is 12.4. The van der Waals surface area contributed by atoms with Gasteiger partial charge in [0.05, 0.1) is 31.8 Å². The third-order valence-corrected chi connectivity index (χ3v) is 9.78. The molecule has 3 atom stereocenters. The Labute approximate surface area is 164 Å². The van der Waals surface area contributed by atoms with Gasteiger partial charge in [-0.25, -0.2) is 4.79 Å². The van der Waals surface area contributed by atoms with E-state index in [4.69, 9.17) is 9.16 Å². The number of hydrogen-bond donors (Lipinski definition) is 1. The topological polar surface area (TPSA) is 85.3 Å². The molecule has 1 saturated heterocycles. The van der Waals surface area contributed by atoms with E-state index in [0.717, 1.165) is 0 Å². The van der Waals surface area contributed by atoms with Crippen LogP contribution in [-0.4, -0.2) is 67.9 Å². The Hall–Kier alpha value is -1.12. The largest absolute Gasteiger partial charge is 0.469 e. The predicted molar refractivity (Wildman–Crippen MR) is 106 cm³/mol. The standard InChI is InChI=1S/C19H37NO6Si/c1-18(2,3)25-17(23)20-12-13(26-27(8,9)19(4,5)6)10-14(20)15(21)11-16(22)24-7/h13-15,21H,10-12H2,1-9H3/t13-,14+,15+/m1/s1. The summed E-state index contributed by atoms with van der Waals surface area (Å²) in [6, 6.07) is -0.547. The van der Waals surface area contributed by atoms with E-state index >= 15 is 0 Å². The lowest BCUT2D eigenvalue weighted by atomic mass is 10.1. The van der Waals surface area contributed by atoms with Crippen molar-refractivity contribution in [3.05, 3.63) is 0 Å². The number of nitrogens with zero attached hydrogens (tertiary/aromatic N) is 1. The van der Waals surface area contributed by atoms with Gasteiger partial charge in [-0.2, -0.15) is 0 Å². The number of ether oxygens (including phenoxy) is 2. The molecule has 158 valence electrons. The minimum atomic E-state index is -2.04. The second kappa shape index (κ2) is 8.49. The monoisotopic (exact) mass is 403 g/mol. The first-order valence-electron chi connectivity index (χ1n) is 9.49. The van der Waals surface area contributed by atoms with Gasteiger partial charge in [0.1, 0.15) is 5.60 Å². The van der Waals surface area contributed by atoms with Crippen LogP contribution in [0, 0.1) is 0 Å². The normalized spacial score (nSPS) is 22.5. The molecule has 0 aromatic carbocycles. The third kappa shape index (κ3) is 6.76. The molecule has 1 aliphatic rings. The van der Waals surface area contributed by atoms with Gasteiger partial charge in [0.25, 0.3) is 0 Å². The zero-order valence-electron chi connectivity index (χ0n) is 18.3. The third-order valence-electron chi connectivity index (χ3n) is 5.25. The SMILES string of the molecule is COC(=O)C[C@H](O)[C@@H]1C[C@@H](O[Si](C)(C)C(C)(C)C)CN1C(=O)OC(C)(C)C. The van der Waals surface area contributed by atoms with Crippen molar-refractivity contribution in [1.82, 2.24) is 4.90 Å². The minimum Gasteiger partial charge on any atom is -0.469 e. The zero-order valence-corrected chi connectivity index (χ0v) is 19.3. The molecule has 0 spiro atoms. The van der Waals surface area contributed by atoms with Gasteiger partial charge < -0.3 is 19.0 Å². The maximum Gasteiger partial charge on any atom is 0.410 e. The second-order valence-corrected chi connectivity index (χ2v) is 14.5. The Morgan fingerprint density at radius 1 is 1.19 bits per heavy atom. The van der Waals surface area contributed by atoms with Crippen LogP contribution in [0.4, 0.5) is 4.79 Å². The average Bonchev–Trinajstić information content (AvgIpc) is 2.87. The smallest absolute Gasteiger partial charge is 0.410 e. The Morgan fingerprint density at radius 2 is 1.74 bits per heavy atom. The van der Waals surface area contributed by atoms with Crippen LogP contribution in [0.15, 0.2) is 0 Å². The summed E-state index contributed by atoms with van der Waals surface area (Å²) in [7, 11) is -0.760. The number of esters is 1. The molecule has 0 aliphatic carbocycles. The van der Waals surface area contributed by atoms with Crippen LogP contribution < -0.4 is 0 Å². The molecule has 1 N–H and O–H groups in total. The van der Waals surface area contributed by atoms with Crippen molar-refractivity contribution in [1.29, 1.82) is 0 Å². The van der Waals surface area contributed by atoms with Gasteiger partial charge in [-0.3, -0.25) is 9.69 Å². The fraction of sp³-hybridized carbons (Fsp3) is 0.895. The summed E-state index contributed by atoms with van der Waals surface area (Å²) in [5, 5.41) is 10.6. The van der Waals surface area contributed by atoms with Crippen molar-refractivity contribution in [3.8, 4) is 0 Å². The fourth-order valence-corrected chi connectivity index (χ4v) is 4.15. The summed E-state index contributed by atoms with van der Waals surface area (Å²) in [5.41, 5.74) is -0.646. The molecule has 27 heavy (non-hydrogen) atoms. The summed E-state index contributed by atoms with van der Waals surface area (Å²) < 4.78 is 16.6. The molecular weight excluding hydrogens is 366 g/mol. The van der Waals surface area contributed by atoms with Gasteiger partial charge in [0.2, 0.25) is 0 Å². The summed E-state index contributed by atoms with van der Waals surface area (Å²) in [5.74, 6) is -0.514. The Kier molecular flexibility index (Phi) is 7.52. The van der Waals surface area contributed by atoms with Gasteiger partial charge >= 0.3 is 12.1 Å². The maximum absolute atomic E-state index is 12.7. The van der Waals surface area contributed by atoms with Crippen LogP contribution in [0.25, 0.3) is 0 Å². The lowest BCUT2D eigenvalue weighted by molar-refractivity contribution is -0.143. The predicted octanol–water partition coefficient (Wildman–Crippen LogP) is 3.31. The van der Waals surface area contributed by atoms with Gasteiger partial charge in [0, 0.05) is 6.54 Å². The Bertz CT molecular complexity index is 537. The van der Waals surface area contributed by atoms with Crippen LogP contribution in [0.1, 0.15) is 54.4 Å². The van der Waals surface area contributed by atoms with Crippen LogP contribution >= 0.6 is 0 Å². The fourth-order valence-electron chi connectivity index (χ4n) is 2.79. The quantitative estimate of drug-likeness (QED) is 0.560. The first kappa shape index (κ1) is 23.9. The number of aliphatic hydroxyl groups is 1. The van der Waals surface area contributed by atoms with Crippen molar-refractivity contribution >= 4 is 20.4 Å². The van der Waals surface area contributed by atoms with Crippen molar-refractivity contribution in [2.75, 3.05) is 13.7 Å².